The van der Waals surface area contributed by atoms with Crippen molar-refractivity contribution in [1.82, 2.24) is 9.88 Å². The summed E-state index contributed by atoms with van der Waals surface area (Å²) in [7, 11) is 2.05. The molecule has 2 rings (SSSR count). The van der Waals surface area contributed by atoms with Crippen LogP contribution in [0, 0.1) is 0 Å². The molecule has 1 N–H and O–H groups in total. The van der Waals surface area contributed by atoms with Crippen LogP contribution in [-0.4, -0.2) is 11.1 Å². The van der Waals surface area contributed by atoms with E-state index < -0.39 is 0 Å². The Bertz CT molecular complexity index is 246. The van der Waals surface area contributed by atoms with Crippen molar-refractivity contribution in [2.45, 2.75) is 12.5 Å². The molecule has 2 nitrogen and oxygen atoms in total. The highest BCUT2D eigenvalue weighted by Crippen LogP contribution is 2.29. The van der Waals surface area contributed by atoms with Crippen LogP contribution in [0.4, 0.5) is 0 Å². The van der Waals surface area contributed by atoms with E-state index in [1.165, 1.54) is 5.56 Å². The Morgan fingerprint density at radius 3 is 2.80 bits per heavy atom. The molecule has 1 fully saturated rings. The van der Waals surface area contributed by atoms with Crippen molar-refractivity contribution in [2.75, 3.05) is 6.54 Å². The van der Waals surface area contributed by atoms with Crippen molar-refractivity contribution in [3.8, 4) is 0 Å². The van der Waals surface area contributed by atoms with Crippen LogP contribution in [0.3, 0.4) is 0 Å². The molecule has 1 atom stereocenters. The number of rotatable bonds is 1. The zero-order chi connectivity index (χ0) is 7.19. The zero-order valence-corrected chi connectivity index (χ0v) is 6.39. The van der Waals surface area contributed by atoms with Gasteiger partial charge in [0.25, 0.3) is 0 Å². The molecule has 1 aromatic rings. The zero-order valence-electron chi connectivity index (χ0n) is 6.39. The highest BCUT2D eigenvalue weighted by molar-refractivity contribution is 5.27. The fourth-order valence-electron chi connectivity index (χ4n) is 1.17. The van der Waals surface area contributed by atoms with Gasteiger partial charge in [-0.3, -0.25) is 0 Å². The Balaban J connectivity index is 2.34. The van der Waals surface area contributed by atoms with E-state index in [9.17, 15) is 0 Å². The molecule has 2 heterocycles. The molecular formula is C8H12N2. The van der Waals surface area contributed by atoms with Crippen LogP contribution in [0.2, 0.25) is 0 Å². The van der Waals surface area contributed by atoms with Gasteiger partial charge in [-0.2, -0.15) is 0 Å². The summed E-state index contributed by atoms with van der Waals surface area (Å²) >= 11 is 0. The summed E-state index contributed by atoms with van der Waals surface area (Å²) < 4.78 is 2.08. The third kappa shape index (κ3) is 0.762. The molecule has 0 amide bonds. The predicted octanol–water partition coefficient (Wildman–Crippen LogP) is 0.843. The molecule has 0 bridgehead atoms. The molecule has 1 saturated heterocycles. The normalized spacial score (nSPS) is 30.6. The van der Waals surface area contributed by atoms with E-state index in [1.807, 2.05) is 0 Å². The number of hydrogen-bond donors (Lipinski definition) is 1. The molecule has 0 spiro atoms. The van der Waals surface area contributed by atoms with Gasteiger partial charge in [-0.25, -0.2) is 0 Å². The maximum absolute atomic E-state index is 3.33. The van der Waals surface area contributed by atoms with Crippen molar-refractivity contribution < 1.29 is 0 Å². The largest absolute Gasteiger partial charge is 0.357 e. The Morgan fingerprint density at radius 2 is 2.40 bits per heavy atom. The third-order valence-electron chi connectivity index (χ3n) is 2.18. The smallest absolute Gasteiger partial charge is 0.0548 e. The van der Waals surface area contributed by atoms with Crippen LogP contribution < -0.4 is 5.32 Å². The van der Waals surface area contributed by atoms with Gasteiger partial charge in [0.2, 0.25) is 0 Å². The molecule has 2 heteroatoms. The molecule has 1 unspecified atom stereocenters. The second-order valence-corrected chi connectivity index (χ2v) is 3.25. The molecule has 0 aliphatic carbocycles. The first-order valence-electron chi connectivity index (χ1n) is 3.58. The summed E-state index contributed by atoms with van der Waals surface area (Å²) in [5, 5.41) is 3.33. The van der Waals surface area contributed by atoms with E-state index in [-0.39, 0.29) is 0 Å². The average Bonchev–Trinajstić information content (AvgIpc) is 2.45. The van der Waals surface area contributed by atoms with Gasteiger partial charge in [-0.1, -0.05) is 0 Å². The predicted molar refractivity (Wildman–Crippen MR) is 40.8 cm³/mol. The Hall–Kier alpha value is -0.760. The number of nitrogens with one attached hydrogen (secondary N) is 1. The van der Waals surface area contributed by atoms with E-state index in [0.717, 1.165) is 6.54 Å². The fraction of sp³-hybridized carbons (Fsp3) is 0.500. The lowest BCUT2D eigenvalue weighted by molar-refractivity contribution is 0.758. The topological polar surface area (TPSA) is 26.9 Å². The highest BCUT2D eigenvalue weighted by Gasteiger charge is 2.38. The van der Waals surface area contributed by atoms with Crippen LogP contribution in [0.1, 0.15) is 12.5 Å². The highest BCUT2D eigenvalue weighted by atomic mass is 15.2. The van der Waals surface area contributed by atoms with Crippen molar-refractivity contribution in [3.05, 3.63) is 24.0 Å². The number of aryl methyl sites for hydroxylation is 1. The first-order chi connectivity index (χ1) is 4.71. The standard InChI is InChI=1S/C8H12N2/c1-8(6-9-8)7-3-4-10(2)5-7/h3-5,9H,6H2,1-2H3. The van der Waals surface area contributed by atoms with Crippen LogP contribution in [0.25, 0.3) is 0 Å². The van der Waals surface area contributed by atoms with Crippen LogP contribution in [0.5, 0.6) is 0 Å². The monoisotopic (exact) mass is 136 g/mol. The quantitative estimate of drug-likeness (QED) is 0.569. The lowest BCUT2D eigenvalue weighted by atomic mass is 10.1. The Labute approximate surface area is 60.9 Å². The van der Waals surface area contributed by atoms with Gasteiger partial charge in [0.15, 0.2) is 0 Å². The minimum absolute atomic E-state index is 0.293. The second-order valence-electron chi connectivity index (χ2n) is 3.25. The number of aromatic nitrogens is 1. The molecule has 0 saturated carbocycles. The van der Waals surface area contributed by atoms with Gasteiger partial charge >= 0.3 is 0 Å². The first kappa shape index (κ1) is 5.98. The van der Waals surface area contributed by atoms with E-state index in [4.69, 9.17) is 0 Å². The number of nitrogens with zero attached hydrogens (tertiary/aromatic N) is 1. The molecule has 0 radical (unpaired) electrons. The summed E-state index contributed by atoms with van der Waals surface area (Å²) in [6, 6.07) is 2.17. The summed E-state index contributed by atoms with van der Waals surface area (Å²) in [4.78, 5) is 0. The maximum atomic E-state index is 3.33. The van der Waals surface area contributed by atoms with E-state index in [2.05, 4.69) is 42.3 Å². The van der Waals surface area contributed by atoms with Crippen molar-refractivity contribution >= 4 is 0 Å². The van der Waals surface area contributed by atoms with Gasteiger partial charge < -0.3 is 9.88 Å². The van der Waals surface area contributed by atoms with Gasteiger partial charge in [0.05, 0.1) is 5.54 Å². The minimum atomic E-state index is 0.293. The third-order valence-corrected chi connectivity index (χ3v) is 2.18. The van der Waals surface area contributed by atoms with E-state index >= 15 is 0 Å². The van der Waals surface area contributed by atoms with Gasteiger partial charge in [-0.05, 0) is 18.6 Å². The number of hydrogen-bond acceptors (Lipinski definition) is 1. The summed E-state index contributed by atoms with van der Waals surface area (Å²) in [5.41, 5.74) is 1.69. The maximum Gasteiger partial charge on any atom is 0.0548 e. The van der Waals surface area contributed by atoms with Gasteiger partial charge in [-0.15, -0.1) is 0 Å². The minimum Gasteiger partial charge on any atom is -0.357 e. The van der Waals surface area contributed by atoms with Gasteiger partial charge in [0, 0.05) is 26.0 Å². The molecule has 1 aliphatic rings. The van der Waals surface area contributed by atoms with E-state index in [0.29, 0.717) is 5.54 Å². The SMILES string of the molecule is Cn1ccc(C2(C)CN2)c1. The van der Waals surface area contributed by atoms with Gasteiger partial charge in [0.1, 0.15) is 0 Å². The molecular weight excluding hydrogens is 124 g/mol. The lowest BCUT2D eigenvalue weighted by Crippen LogP contribution is -2.04. The van der Waals surface area contributed by atoms with E-state index in [1.54, 1.807) is 0 Å². The molecule has 1 aromatic heterocycles. The van der Waals surface area contributed by atoms with Crippen LogP contribution in [-0.2, 0) is 12.6 Å². The lowest BCUT2D eigenvalue weighted by Gasteiger charge is -2.00. The molecule has 54 valence electrons. The molecule has 10 heavy (non-hydrogen) atoms. The fourth-order valence-corrected chi connectivity index (χ4v) is 1.17. The molecule has 1 aliphatic heterocycles. The van der Waals surface area contributed by atoms with Crippen LogP contribution in [0.15, 0.2) is 18.5 Å². The second kappa shape index (κ2) is 1.64. The average molecular weight is 136 g/mol. The van der Waals surface area contributed by atoms with Crippen molar-refractivity contribution in [1.29, 1.82) is 0 Å². The summed E-state index contributed by atoms with van der Waals surface area (Å²) in [5.74, 6) is 0. The van der Waals surface area contributed by atoms with Crippen molar-refractivity contribution in [2.24, 2.45) is 7.05 Å². The Morgan fingerprint density at radius 1 is 1.70 bits per heavy atom. The first-order valence-corrected chi connectivity index (χ1v) is 3.58. The van der Waals surface area contributed by atoms with Crippen LogP contribution >= 0.6 is 0 Å². The Kier molecular flexibility index (Phi) is 0.980. The summed E-state index contributed by atoms with van der Waals surface area (Å²) in [6.07, 6.45) is 4.25. The summed E-state index contributed by atoms with van der Waals surface area (Å²) in [6.45, 7) is 3.35. The van der Waals surface area contributed by atoms with Crippen molar-refractivity contribution in [3.63, 3.8) is 0 Å². The molecule has 0 aromatic carbocycles.